The average molecular weight is 286 g/mol. The van der Waals surface area contributed by atoms with Crippen molar-refractivity contribution in [2.75, 3.05) is 18.4 Å². The Labute approximate surface area is 125 Å². The van der Waals surface area contributed by atoms with Gasteiger partial charge in [-0.3, -0.25) is 9.59 Å². The Kier molecular flexibility index (Phi) is 3.70. The molecule has 2 unspecified atom stereocenters. The Morgan fingerprint density at radius 2 is 2.05 bits per heavy atom. The van der Waals surface area contributed by atoms with Gasteiger partial charge in [0.2, 0.25) is 5.91 Å². The molecule has 0 saturated carbocycles. The highest BCUT2D eigenvalue weighted by Crippen LogP contribution is 2.27. The maximum atomic E-state index is 12.6. The Bertz CT molecular complexity index is 582. The number of nitrogens with one attached hydrogen (secondary N) is 1. The molecule has 1 fully saturated rings. The van der Waals surface area contributed by atoms with Gasteiger partial charge < -0.3 is 10.2 Å². The molecule has 0 radical (unpaired) electrons. The number of anilines is 1. The van der Waals surface area contributed by atoms with Crippen LogP contribution in [0.3, 0.4) is 0 Å². The number of fused-ring (bicyclic) bond motifs is 1. The molecule has 2 heterocycles. The lowest BCUT2D eigenvalue weighted by Crippen LogP contribution is -2.42. The summed E-state index contributed by atoms with van der Waals surface area (Å²) in [6.45, 7) is 6.16. The van der Waals surface area contributed by atoms with E-state index in [4.69, 9.17) is 0 Å². The third-order valence-corrected chi connectivity index (χ3v) is 4.87. The summed E-state index contributed by atoms with van der Waals surface area (Å²) in [7, 11) is 0. The van der Waals surface area contributed by atoms with Crippen LogP contribution in [0.25, 0.3) is 0 Å². The van der Waals surface area contributed by atoms with Gasteiger partial charge in [-0.1, -0.05) is 13.8 Å². The van der Waals surface area contributed by atoms with Crippen molar-refractivity contribution in [2.24, 2.45) is 11.8 Å². The minimum Gasteiger partial charge on any atom is -0.338 e. The highest BCUT2D eigenvalue weighted by Gasteiger charge is 2.27. The summed E-state index contributed by atoms with van der Waals surface area (Å²) in [6.07, 6.45) is 2.30. The number of aryl methyl sites for hydroxylation is 1. The van der Waals surface area contributed by atoms with Gasteiger partial charge in [-0.15, -0.1) is 0 Å². The Morgan fingerprint density at radius 3 is 2.81 bits per heavy atom. The van der Waals surface area contributed by atoms with Gasteiger partial charge in [-0.05, 0) is 48.4 Å². The van der Waals surface area contributed by atoms with Crippen LogP contribution in [0.2, 0.25) is 0 Å². The summed E-state index contributed by atoms with van der Waals surface area (Å²) in [5.74, 6) is 1.42. The van der Waals surface area contributed by atoms with E-state index in [0.717, 1.165) is 42.7 Å². The van der Waals surface area contributed by atoms with Crippen LogP contribution in [0.4, 0.5) is 5.69 Å². The number of amides is 2. The van der Waals surface area contributed by atoms with E-state index in [2.05, 4.69) is 19.2 Å². The van der Waals surface area contributed by atoms with Crippen molar-refractivity contribution in [1.29, 1.82) is 0 Å². The third kappa shape index (κ3) is 2.80. The van der Waals surface area contributed by atoms with Crippen molar-refractivity contribution in [2.45, 2.75) is 33.1 Å². The first kappa shape index (κ1) is 14.1. The summed E-state index contributed by atoms with van der Waals surface area (Å²) < 4.78 is 0. The monoisotopic (exact) mass is 286 g/mol. The normalized spacial score (nSPS) is 25.2. The maximum absolute atomic E-state index is 12.6. The molecule has 0 spiro atoms. The van der Waals surface area contributed by atoms with Crippen molar-refractivity contribution >= 4 is 17.5 Å². The van der Waals surface area contributed by atoms with Crippen LogP contribution >= 0.6 is 0 Å². The van der Waals surface area contributed by atoms with E-state index < -0.39 is 0 Å². The largest absolute Gasteiger partial charge is 0.338 e. The van der Waals surface area contributed by atoms with Gasteiger partial charge in [0.1, 0.15) is 0 Å². The van der Waals surface area contributed by atoms with Gasteiger partial charge in [-0.2, -0.15) is 0 Å². The molecule has 1 aromatic rings. The number of likely N-dealkylation sites (tertiary alicyclic amines) is 1. The first-order valence-electron chi connectivity index (χ1n) is 7.76. The summed E-state index contributed by atoms with van der Waals surface area (Å²) in [4.78, 5) is 26.0. The van der Waals surface area contributed by atoms with Crippen molar-refractivity contribution < 1.29 is 9.59 Å². The zero-order chi connectivity index (χ0) is 15.0. The fourth-order valence-electron chi connectivity index (χ4n) is 3.15. The summed E-state index contributed by atoms with van der Waals surface area (Å²) in [5.41, 5.74) is 2.66. The molecule has 2 aliphatic rings. The third-order valence-electron chi connectivity index (χ3n) is 4.87. The molecule has 3 rings (SSSR count). The molecule has 2 aliphatic heterocycles. The lowest BCUT2D eigenvalue weighted by atomic mass is 9.88. The minimum atomic E-state index is 0.0559. The zero-order valence-electron chi connectivity index (χ0n) is 12.7. The maximum Gasteiger partial charge on any atom is 0.253 e. The molecular formula is C17H22N2O2. The fraction of sp³-hybridized carbons (Fsp3) is 0.529. The van der Waals surface area contributed by atoms with Gasteiger partial charge >= 0.3 is 0 Å². The average Bonchev–Trinajstić information content (AvgIpc) is 2.49. The molecule has 1 aromatic carbocycles. The number of nitrogens with zero attached hydrogens (tertiary/aromatic N) is 1. The fourth-order valence-corrected chi connectivity index (χ4v) is 3.15. The van der Waals surface area contributed by atoms with E-state index in [1.807, 2.05) is 23.1 Å². The van der Waals surface area contributed by atoms with E-state index in [1.165, 1.54) is 0 Å². The zero-order valence-corrected chi connectivity index (χ0v) is 12.7. The second-order valence-electron chi connectivity index (χ2n) is 6.41. The topological polar surface area (TPSA) is 49.4 Å². The van der Waals surface area contributed by atoms with Gasteiger partial charge in [0.15, 0.2) is 0 Å². The predicted molar refractivity (Wildman–Crippen MR) is 82.2 cm³/mol. The van der Waals surface area contributed by atoms with Crippen LogP contribution < -0.4 is 5.32 Å². The van der Waals surface area contributed by atoms with Crippen LogP contribution in [0.1, 0.15) is 42.6 Å². The van der Waals surface area contributed by atoms with Gasteiger partial charge in [0.25, 0.3) is 5.91 Å². The van der Waals surface area contributed by atoms with Crippen LogP contribution in [0.5, 0.6) is 0 Å². The molecule has 2 atom stereocenters. The van der Waals surface area contributed by atoms with Crippen molar-refractivity contribution in [3.05, 3.63) is 29.3 Å². The standard InChI is InChI=1S/C17H22N2O2/c1-11-7-8-19(10-12(11)2)17(21)14-3-5-15-13(9-14)4-6-16(20)18-15/h3,5,9,11-12H,4,6-8,10H2,1-2H3,(H,18,20). The van der Waals surface area contributed by atoms with Crippen molar-refractivity contribution in [3.63, 3.8) is 0 Å². The smallest absolute Gasteiger partial charge is 0.253 e. The molecule has 112 valence electrons. The predicted octanol–water partition coefficient (Wildman–Crippen LogP) is 2.69. The highest BCUT2D eigenvalue weighted by molar-refractivity contribution is 5.98. The quantitative estimate of drug-likeness (QED) is 0.863. The summed E-state index contributed by atoms with van der Waals surface area (Å²) in [5, 5.41) is 2.85. The number of hydrogen-bond donors (Lipinski definition) is 1. The van der Waals surface area contributed by atoms with Crippen LogP contribution in [0, 0.1) is 11.8 Å². The van der Waals surface area contributed by atoms with E-state index in [1.54, 1.807) is 0 Å². The molecule has 4 nitrogen and oxygen atoms in total. The number of piperidine rings is 1. The molecule has 4 heteroatoms. The van der Waals surface area contributed by atoms with Crippen LogP contribution in [0.15, 0.2) is 18.2 Å². The molecule has 0 aromatic heterocycles. The molecule has 21 heavy (non-hydrogen) atoms. The van der Waals surface area contributed by atoms with E-state index in [0.29, 0.717) is 18.3 Å². The lowest BCUT2D eigenvalue weighted by molar-refractivity contribution is -0.116. The molecule has 0 aliphatic carbocycles. The number of rotatable bonds is 1. The number of carbonyl (C=O) groups is 2. The Morgan fingerprint density at radius 1 is 1.24 bits per heavy atom. The molecular weight excluding hydrogens is 264 g/mol. The van der Waals surface area contributed by atoms with E-state index >= 15 is 0 Å². The summed E-state index contributed by atoms with van der Waals surface area (Å²) in [6, 6.07) is 5.63. The molecule has 1 saturated heterocycles. The minimum absolute atomic E-state index is 0.0559. The van der Waals surface area contributed by atoms with E-state index in [-0.39, 0.29) is 11.8 Å². The van der Waals surface area contributed by atoms with Gasteiger partial charge in [0, 0.05) is 30.8 Å². The first-order chi connectivity index (χ1) is 10.0. The SMILES string of the molecule is CC1CCN(C(=O)c2ccc3c(c2)CCC(=O)N3)CC1C. The Hall–Kier alpha value is -1.84. The van der Waals surface area contributed by atoms with Crippen LogP contribution in [-0.4, -0.2) is 29.8 Å². The first-order valence-corrected chi connectivity index (χ1v) is 7.76. The van der Waals surface area contributed by atoms with Gasteiger partial charge in [0.05, 0.1) is 0 Å². The highest BCUT2D eigenvalue weighted by atomic mass is 16.2. The summed E-state index contributed by atoms with van der Waals surface area (Å²) >= 11 is 0. The Balaban J connectivity index is 1.78. The van der Waals surface area contributed by atoms with Crippen molar-refractivity contribution in [3.8, 4) is 0 Å². The van der Waals surface area contributed by atoms with Crippen LogP contribution in [-0.2, 0) is 11.2 Å². The lowest BCUT2D eigenvalue weighted by Gasteiger charge is -2.35. The molecule has 2 amide bonds. The number of carbonyl (C=O) groups excluding carboxylic acids is 2. The molecule has 1 N–H and O–H groups in total. The van der Waals surface area contributed by atoms with Crippen molar-refractivity contribution in [1.82, 2.24) is 4.90 Å². The second-order valence-corrected chi connectivity index (χ2v) is 6.41. The number of benzene rings is 1. The van der Waals surface area contributed by atoms with E-state index in [9.17, 15) is 9.59 Å². The molecule has 0 bridgehead atoms. The number of hydrogen-bond acceptors (Lipinski definition) is 2. The second kappa shape index (κ2) is 5.51. The van der Waals surface area contributed by atoms with Gasteiger partial charge in [-0.25, -0.2) is 0 Å².